The molecule has 0 saturated heterocycles. The van der Waals surface area contributed by atoms with Gasteiger partial charge in [-0.3, -0.25) is 9.59 Å². The molecular weight excluding hydrogens is 278 g/mol. The first kappa shape index (κ1) is 15.8. The highest BCUT2D eigenvalue weighted by Gasteiger charge is 2.15. The van der Waals surface area contributed by atoms with Crippen molar-refractivity contribution in [3.63, 3.8) is 0 Å². The van der Waals surface area contributed by atoms with Crippen LogP contribution in [-0.4, -0.2) is 24.0 Å². The molecule has 1 N–H and O–H groups in total. The molecule has 0 atom stereocenters. The van der Waals surface area contributed by atoms with Gasteiger partial charge in [-0.1, -0.05) is 36.4 Å². The van der Waals surface area contributed by atoms with Gasteiger partial charge in [-0.25, -0.2) is 0 Å². The molecule has 0 aromatic heterocycles. The molecule has 0 aliphatic heterocycles. The molecule has 0 bridgehead atoms. The lowest BCUT2D eigenvalue weighted by Gasteiger charge is -2.21. The molecule has 0 radical (unpaired) electrons. The van der Waals surface area contributed by atoms with Gasteiger partial charge in [-0.2, -0.15) is 0 Å². The lowest BCUT2D eigenvalue weighted by atomic mass is 10.0. The average Bonchev–Trinajstić information content (AvgIpc) is 2.54. The Labute approximate surface area is 130 Å². The summed E-state index contributed by atoms with van der Waals surface area (Å²) in [6.45, 7) is 0. The quantitative estimate of drug-likeness (QED) is 0.889. The summed E-state index contributed by atoms with van der Waals surface area (Å²) >= 11 is 0. The lowest BCUT2D eigenvalue weighted by molar-refractivity contribution is -0.137. The zero-order valence-electron chi connectivity index (χ0n) is 12.5. The number of benzene rings is 2. The fraction of sp³-hybridized carbons (Fsp3) is 0.222. The molecule has 4 heteroatoms. The number of para-hydroxylation sites is 1. The largest absolute Gasteiger partial charge is 0.481 e. The predicted octanol–water partition coefficient (Wildman–Crippen LogP) is 3.37. The van der Waals surface area contributed by atoms with Gasteiger partial charge >= 0.3 is 5.97 Å². The van der Waals surface area contributed by atoms with Gasteiger partial charge in [-0.05, 0) is 36.6 Å². The number of anilines is 1. The van der Waals surface area contributed by atoms with Gasteiger partial charge in [0.2, 0.25) is 0 Å². The first-order valence-electron chi connectivity index (χ1n) is 7.22. The van der Waals surface area contributed by atoms with Crippen LogP contribution >= 0.6 is 0 Å². The second-order valence-corrected chi connectivity index (χ2v) is 5.11. The van der Waals surface area contributed by atoms with E-state index in [-0.39, 0.29) is 12.3 Å². The zero-order valence-corrected chi connectivity index (χ0v) is 12.5. The van der Waals surface area contributed by atoms with Gasteiger partial charge in [0.1, 0.15) is 0 Å². The Balaban J connectivity index is 2.17. The molecule has 0 fully saturated rings. The van der Waals surface area contributed by atoms with Crippen LogP contribution in [-0.2, 0) is 11.2 Å². The number of rotatable bonds is 6. The second-order valence-electron chi connectivity index (χ2n) is 5.11. The number of hydrogen-bond donors (Lipinski definition) is 1. The Morgan fingerprint density at radius 1 is 1.00 bits per heavy atom. The van der Waals surface area contributed by atoms with E-state index >= 15 is 0 Å². The molecule has 2 aromatic rings. The van der Waals surface area contributed by atoms with Gasteiger partial charge in [-0.15, -0.1) is 0 Å². The molecule has 0 aliphatic rings. The molecule has 2 aromatic carbocycles. The van der Waals surface area contributed by atoms with E-state index in [1.165, 1.54) is 0 Å². The van der Waals surface area contributed by atoms with Crippen molar-refractivity contribution in [3.8, 4) is 0 Å². The topological polar surface area (TPSA) is 57.6 Å². The molecule has 1 amide bonds. The summed E-state index contributed by atoms with van der Waals surface area (Å²) in [5.74, 6) is -0.877. The number of nitrogens with zero attached hydrogens (tertiary/aromatic N) is 1. The summed E-state index contributed by atoms with van der Waals surface area (Å²) in [5.41, 5.74) is 2.43. The Bertz CT molecular complexity index is 652. The van der Waals surface area contributed by atoms with Crippen molar-refractivity contribution < 1.29 is 14.7 Å². The Morgan fingerprint density at radius 2 is 1.64 bits per heavy atom. The van der Waals surface area contributed by atoms with Crippen molar-refractivity contribution in [1.29, 1.82) is 0 Å². The summed E-state index contributed by atoms with van der Waals surface area (Å²) < 4.78 is 0. The van der Waals surface area contributed by atoms with Crippen LogP contribution in [0.4, 0.5) is 5.69 Å². The van der Waals surface area contributed by atoms with Gasteiger partial charge in [0.15, 0.2) is 0 Å². The van der Waals surface area contributed by atoms with Crippen LogP contribution in [0.3, 0.4) is 0 Å². The van der Waals surface area contributed by atoms with E-state index in [0.29, 0.717) is 18.4 Å². The summed E-state index contributed by atoms with van der Waals surface area (Å²) in [4.78, 5) is 24.8. The van der Waals surface area contributed by atoms with Crippen molar-refractivity contribution in [3.05, 3.63) is 65.7 Å². The number of carboxylic acids is 1. The minimum atomic E-state index is -0.800. The Hall–Kier alpha value is -2.62. The maximum absolute atomic E-state index is 12.5. The van der Waals surface area contributed by atoms with E-state index in [4.69, 9.17) is 5.11 Å². The van der Waals surface area contributed by atoms with E-state index in [2.05, 4.69) is 0 Å². The highest BCUT2D eigenvalue weighted by atomic mass is 16.4. The van der Waals surface area contributed by atoms with Crippen LogP contribution in [0.2, 0.25) is 0 Å². The maximum Gasteiger partial charge on any atom is 0.303 e. The molecular formula is C18H19NO3. The van der Waals surface area contributed by atoms with Gasteiger partial charge in [0.25, 0.3) is 5.91 Å². The van der Waals surface area contributed by atoms with E-state index < -0.39 is 5.97 Å². The normalized spacial score (nSPS) is 10.2. The van der Waals surface area contributed by atoms with Crippen LogP contribution in [0.5, 0.6) is 0 Å². The molecule has 0 unspecified atom stereocenters. The third-order valence-corrected chi connectivity index (χ3v) is 3.52. The van der Waals surface area contributed by atoms with Crippen molar-refractivity contribution in [2.45, 2.75) is 19.3 Å². The van der Waals surface area contributed by atoms with E-state index in [1.807, 2.05) is 42.5 Å². The highest BCUT2D eigenvalue weighted by molar-refractivity contribution is 6.06. The van der Waals surface area contributed by atoms with E-state index in [1.54, 1.807) is 24.1 Å². The standard InChI is InChI=1S/C18H19NO3/c1-19(18(22)15-9-3-2-4-10-15)16-12-6-5-8-14(16)11-7-13-17(20)21/h2-6,8-10,12H,7,11,13H2,1H3,(H,20,21). The van der Waals surface area contributed by atoms with Crippen molar-refractivity contribution >= 4 is 17.6 Å². The van der Waals surface area contributed by atoms with Gasteiger partial charge in [0.05, 0.1) is 0 Å². The number of hydrogen-bond acceptors (Lipinski definition) is 2. The molecule has 0 spiro atoms. The summed E-state index contributed by atoms with van der Waals surface area (Å²) in [5, 5.41) is 8.74. The van der Waals surface area contributed by atoms with Crippen molar-refractivity contribution in [1.82, 2.24) is 0 Å². The molecule has 0 aliphatic carbocycles. The Morgan fingerprint density at radius 3 is 2.32 bits per heavy atom. The first-order chi connectivity index (χ1) is 10.6. The molecule has 0 heterocycles. The van der Waals surface area contributed by atoms with Crippen LogP contribution < -0.4 is 4.90 Å². The number of carbonyl (C=O) groups is 2. The minimum absolute atomic E-state index is 0.0775. The number of aryl methyl sites for hydroxylation is 1. The monoisotopic (exact) mass is 297 g/mol. The Kier molecular flexibility index (Phi) is 5.31. The van der Waals surface area contributed by atoms with Crippen LogP contribution in [0, 0.1) is 0 Å². The van der Waals surface area contributed by atoms with Crippen molar-refractivity contribution in [2.24, 2.45) is 0 Å². The first-order valence-corrected chi connectivity index (χ1v) is 7.22. The number of carboxylic acid groups (broad SMARTS) is 1. The fourth-order valence-corrected chi connectivity index (χ4v) is 2.36. The van der Waals surface area contributed by atoms with Crippen molar-refractivity contribution in [2.75, 3.05) is 11.9 Å². The average molecular weight is 297 g/mol. The number of amides is 1. The van der Waals surface area contributed by atoms with Gasteiger partial charge < -0.3 is 10.0 Å². The predicted molar refractivity (Wildman–Crippen MR) is 86.2 cm³/mol. The second kappa shape index (κ2) is 7.41. The minimum Gasteiger partial charge on any atom is -0.481 e. The molecule has 2 rings (SSSR count). The number of carbonyl (C=O) groups excluding carboxylic acids is 1. The summed E-state index contributed by atoms with van der Waals surface area (Å²) in [7, 11) is 1.74. The van der Waals surface area contributed by atoms with E-state index in [9.17, 15) is 9.59 Å². The maximum atomic E-state index is 12.5. The molecule has 114 valence electrons. The molecule has 22 heavy (non-hydrogen) atoms. The van der Waals surface area contributed by atoms with Crippen LogP contribution in [0.25, 0.3) is 0 Å². The van der Waals surface area contributed by atoms with Gasteiger partial charge in [0, 0.05) is 24.7 Å². The molecule has 4 nitrogen and oxygen atoms in total. The summed E-state index contributed by atoms with van der Waals surface area (Å²) in [6.07, 6.45) is 1.32. The van der Waals surface area contributed by atoms with Crippen LogP contribution in [0.1, 0.15) is 28.8 Å². The highest BCUT2D eigenvalue weighted by Crippen LogP contribution is 2.22. The number of aliphatic carboxylic acids is 1. The lowest BCUT2D eigenvalue weighted by Crippen LogP contribution is -2.27. The SMILES string of the molecule is CN(C(=O)c1ccccc1)c1ccccc1CCCC(=O)O. The van der Waals surface area contributed by atoms with E-state index in [0.717, 1.165) is 11.3 Å². The zero-order chi connectivity index (χ0) is 15.9. The molecule has 0 saturated carbocycles. The fourth-order valence-electron chi connectivity index (χ4n) is 2.36. The third-order valence-electron chi connectivity index (χ3n) is 3.52. The van der Waals surface area contributed by atoms with Crippen LogP contribution in [0.15, 0.2) is 54.6 Å². The summed E-state index contributed by atoms with van der Waals surface area (Å²) in [6, 6.07) is 16.7. The smallest absolute Gasteiger partial charge is 0.303 e. The third kappa shape index (κ3) is 3.95.